The predicted molar refractivity (Wildman–Crippen MR) is 77.9 cm³/mol. The molecular formula is C13H30O8. The zero-order valence-corrected chi connectivity index (χ0v) is 13.4. The molecule has 0 radical (unpaired) electrons. The van der Waals surface area contributed by atoms with Crippen LogP contribution in [0.4, 0.5) is 0 Å². The molecular weight excluding hydrogens is 284 g/mol. The second-order valence-electron chi connectivity index (χ2n) is 4.61. The molecule has 0 aliphatic carbocycles. The molecule has 0 rings (SSSR count). The van der Waals surface area contributed by atoms with Crippen molar-refractivity contribution in [3.05, 3.63) is 0 Å². The SMILES string of the molecule is CC(=O)O.CC(C)C(=O)O.CC(C)CO.OCC(O)CO. The van der Waals surface area contributed by atoms with E-state index in [1.807, 2.05) is 13.8 Å². The summed E-state index contributed by atoms with van der Waals surface area (Å²) in [7, 11) is 0. The van der Waals surface area contributed by atoms with Crippen LogP contribution in [0.5, 0.6) is 0 Å². The van der Waals surface area contributed by atoms with Gasteiger partial charge in [0.25, 0.3) is 5.97 Å². The summed E-state index contributed by atoms with van der Waals surface area (Å²) < 4.78 is 0. The van der Waals surface area contributed by atoms with Crippen LogP contribution in [0.3, 0.4) is 0 Å². The first-order chi connectivity index (χ1) is 9.45. The fraction of sp³-hybridized carbons (Fsp3) is 0.846. The largest absolute Gasteiger partial charge is 0.481 e. The highest BCUT2D eigenvalue weighted by Crippen LogP contribution is 1.87. The van der Waals surface area contributed by atoms with E-state index in [1.54, 1.807) is 13.8 Å². The van der Waals surface area contributed by atoms with E-state index < -0.39 is 18.0 Å². The summed E-state index contributed by atoms with van der Waals surface area (Å²) >= 11 is 0. The molecule has 21 heavy (non-hydrogen) atoms. The van der Waals surface area contributed by atoms with E-state index in [4.69, 9.17) is 35.4 Å². The zero-order valence-electron chi connectivity index (χ0n) is 13.4. The normalized spacial score (nSPS) is 8.95. The molecule has 8 heteroatoms. The monoisotopic (exact) mass is 314 g/mol. The lowest BCUT2D eigenvalue weighted by Crippen LogP contribution is -2.15. The van der Waals surface area contributed by atoms with Crippen LogP contribution in [0.1, 0.15) is 34.6 Å². The summed E-state index contributed by atoms with van der Waals surface area (Å²) in [5.74, 6) is -1.37. The van der Waals surface area contributed by atoms with E-state index >= 15 is 0 Å². The van der Waals surface area contributed by atoms with Crippen molar-refractivity contribution < 1.29 is 40.2 Å². The average Bonchev–Trinajstić information content (AvgIpc) is 2.38. The molecule has 0 unspecified atom stereocenters. The third-order valence-electron chi connectivity index (χ3n) is 1.28. The average molecular weight is 314 g/mol. The van der Waals surface area contributed by atoms with Gasteiger partial charge in [-0.1, -0.05) is 27.7 Å². The van der Waals surface area contributed by atoms with Crippen molar-refractivity contribution in [1.82, 2.24) is 0 Å². The number of hydrogen-bond donors (Lipinski definition) is 6. The van der Waals surface area contributed by atoms with Gasteiger partial charge >= 0.3 is 5.97 Å². The van der Waals surface area contributed by atoms with Gasteiger partial charge in [-0.3, -0.25) is 9.59 Å². The van der Waals surface area contributed by atoms with Crippen LogP contribution in [0.25, 0.3) is 0 Å². The fourth-order valence-electron chi connectivity index (χ4n) is 0.0577. The molecule has 0 bridgehead atoms. The van der Waals surface area contributed by atoms with Crippen LogP contribution in [0.2, 0.25) is 0 Å². The van der Waals surface area contributed by atoms with Crippen LogP contribution in [-0.2, 0) is 9.59 Å². The molecule has 0 aliphatic rings. The summed E-state index contributed by atoms with van der Waals surface area (Å²) in [6.45, 7) is 7.89. The smallest absolute Gasteiger partial charge is 0.305 e. The lowest BCUT2D eigenvalue weighted by molar-refractivity contribution is -0.140. The van der Waals surface area contributed by atoms with Crippen LogP contribution >= 0.6 is 0 Å². The lowest BCUT2D eigenvalue weighted by atomic mass is 10.2. The van der Waals surface area contributed by atoms with Gasteiger partial charge in [-0.25, -0.2) is 0 Å². The third kappa shape index (κ3) is 68.6. The fourth-order valence-corrected chi connectivity index (χ4v) is 0.0577. The van der Waals surface area contributed by atoms with Gasteiger partial charge in [-0.15, -0.1) is 0 Å². The Kier molecular flexibility index (Phi) is 28.1. The first-order valence-corrected chi connectivity index (χ1v) is 6.39. The Balaban J connectivity index is -0.0000000929. The Labute approximate surface area is 125 Å². The van der Waals surface area contributed by atoms with E-state index in [1.165, 1.54) is 0 Å². The van der Waals surface area contributed by atoms with Crippen molar-refractivity contribution in [2.45, 2.75) is 40.7 Å². The minimum atomic E-state index is -0.954. The molecule has 6 N–H and O–H groups in total. The van der Waals surface area contributed by atoms with Gasteiger partial charge in [0.1, 0.15) is 6.10 Å². The van der Waals surface area contributed by atoms with Crippen molar-refractivity contribution in [3.63, 3.8) is 0 Å². The molecule has 8 nitrogen and oxygen atoms in total. The highest BCUT2D eigenvalue weighted by atomic mass is 16.4. The summed E-state index contributed by atoms with van der Waals surface area (Å²) in [5.41, 5.74) is 0. The lowest BCUT2D eigenvalue weighted by Gasteiger charge is -1.96. The van der Waals surface area contributed by atoms with E-state index in [0.29, 0.717) is 12.5 Å². The topological polar surface area (TPSA) is 156 Å². The number of carboxylic acids is 2. The number of aliphatic carboxylic acids is 2. The van der Waals surface area contributed by atoms with Gasteiger partial charge in [0.05, 0.1) is 19.1 Å². The Morgan fingerprint density at radius 1 is 0.857 bits per heavy atom. The molecule has 0 amide bonds. The van der Waals surface area contributed by atoms with Crippen LogP contribution in [0.15, 0.2) is 0 Å². The molecule has 0 saturated carbocycles. The molecule has 0 aromatic rings. The van der Waals surface area contributed by atoms with Crippen molar-refractivity contribution in [1.29, 1.82) is 0 Å². The van der Waals surface area contributed by atoms with Crippen molar-refractivity contribution >= 4 is 11.9 Å². The van der Waals surface area contributed by atoms with Crippen molar-refractivity contribution in [2.24, 2.45) is 11.8 Å². The van der Waals surface area contributed by atoms with E-state index in [2.05, 4.69) is 0 Å². The minimum Gasteiger partial charge on any atom is -0.481 e. The van der Waals surface area contributed by atoms with E-state index in [9.17, 15) is 4.79 Å². The number of carbonyl (C=O) groups is 2. The molecule has 130 valence electrons. The van der Waals surface area contributed by atoms with Crippen LogP contribution in [0, 0.1) is 11.8 Å². The molecule has 0 aromatic carbocycles. The maximum atomic E-state index is 9.70. The number of hydrogen-bond acceptors (Lipinski definition) is 6. The molecule has 0 aromatic heterocycles. The number of aliphatic hydroxyl groups excluding tert-OH is 4. The third-order valence-corrected chi connectivity index (χ3v) is 1.28. The Morgan fingerprint density at radius 3 is 1.05 bits per heavy atom. The molecule has 0 aliphatic heterocycles. The summed E-state index contributed by atoms with van der Waals surface area (Å²) in [4.78, 5) is 18.7. The summed E-state index contributed by atoms with van der Waals surface area (Å²) in [5, 5.41) is 47.6. The molecule has 0 spiro atoms. The minimum absolute atomic E-state index is 0.231. The highest BCUT2D eigenvalue weighted by Gasteiger charge is 1.99. The first kappa shape index (κ1) is 28.0. The van der Waals surface area contributed by atoms with Crippen LogP contribution in [-0.4, -0.2) is 68.5 Å². The Hall–Kier alpha value is -1.22. The second kappa shape index (κ2) is 21.1. The standard InChI is InChI=1S/C4H8O2.C4H10O.C3H8O3.C2H4O2/c1-3(2)4(5)6;1-4(2)3-5;4-1-3(6)2-5;1-2(3)4/h3H,1-2H3,(H,5,6);4-5H,3H2,1-2H3;3-6H,1-2H2;1H3,(H,3,4). The number of rotatable bonds is 4. The Bertz CT molecular complexity index is 220. The second-order valence-corrected chi connectivity index (χ2v) is 4.61. The van der Waals surface area contributed by atoms with Crippen molar-refractivity contribution in [2.75, 3.05) is 19.8 Å². The summed E-state index contributed by atoms with van der Waals surface area (Å²) in [6, 6.07) is 0. The van der Waals surface area contributed by atoms with Crippen LogP contribution < -0.4 is 0 Å². The molecule has 0 heterocycles. The van der Waals surface area contributed by atoms with Gasteiger partial charge in [-0.05, 0) is 5.92 Å². The molecule has 0 saturated heterocycles. The number of carboxylic acid groups (broad SMARTS) is 2. The van der Waals surface area contributed by atoms with Gasteiger partial charge in [0.2, 0.25) is 0 Å². The molecule has 0 atom stereocenters. The van der Waals surface area contributed by atoms with Gasteiger partial charge in [-0.2, -0.15) is 0 Å². The maximum absolute atomic E-state index is 9.70. The predicted octanol–water partition coefficient (Wildman–Crippen LogP) is -0.215. The maximum Gasteiger partial charge on any atom is 0.305 e. The Morgan fingerprint density at radius 2 is 1.05 bits per heavy atom. The highest BCUT2D eigenvalue weighted by molar-refractivity contribution is 5.68. The quantitative estimate of drug-likeness (QED) is 0.416. The van der Waals surface area contributed by atoms with Gasteiger partial charge in [0.15, 0.2) is 0 Å². The first-order valence-electron chi connectivity index (χ1n) is 6.39. The zero-order chi connectivity index (χ0) is 18.0. The number of aliphatic hydroxyl groups is 4. The van der Waals surface area contributed by atoms with E-state index in [0.717, 1.165) is 6.92 Å². The summed E-state index contributed by atoms with van der Waals surface area (Å²) in [6.07, 6.45) is -0.954. The van der Waals surface area contributed by atoms with E-state index in [-0.39, 0.29) is 19.1 Å². The van der Waals surface area contributed by atoms with Gasteiger partial charge in [0, 0.05) is 13.5 Å². The van der Waals surface area contributed by atoms with Crippen molar-refractivity contribution in [3.8, 4) is 0 Å². The van der Waals surface area contributed by atoms with Gasteiger partial charge < -0.3 is 30.6 Å². The molecule has 0 fully saturated rings.